The lowest BCUT2D eigenvalue weighted by molar-refractivity contribution is -0.127. The molecule has 1 N–H and O–H groups in total. The van der Waals surface area contributed by atoms with E-state index in [1.54, 1.807) is 19.0 Å². The summed E-state index contributed by atoms with van der Waals surface area (Å²) in [4.78, 5) is 23.3. The van der Waals surface area contributed by atoms with Crippen molar-refractivity contribution in [2.24, 2.45) is 16.8 Å². The SMILES string of the molecule is CCOCCCNC(=NCC(=O)N(C)C)N1CCN(C2CC3CCC2C3)CC1.I. The van der Waals surface area contributed by atoms with Crippen LogP contribution in [-0.2, 0) is 9.53 Å². The Balaban J connectivity index is 0.00000300. The summed E-state index contributed by atoms with van der Waals surface area (Å²) in [6.07, 6.45) is 6.73. The molecular weight excluding hydrogens is 481 g/mol. The Kier molecular flexibility index (Phi) is 10.5. The summed E-state index contributed by atoms with van der Waals surface area (Å²) in [5, 5.41) is 3.46. The van der Waals surface area contributed by atoms with Crippen molar-refractivity contribution in [2.45, 2.75) is 45.1 Å². The summed E-state index contributed by atoms with van der Waals surface area (Å²) >= 11 is 0. The van der Waals surface area contributed by atoms with E-state index in [1.165, 1.54) is 25.7 Å². The third-order valence-corrected chi connectivity index (χ3v) is 6.60. The number of nitrogens with one attached hydrogen (secondary N) is 1. The lowest BCUT2D eigenvalue weighted by Crippen LogP contribution is -2.55. The molecule has 2 aliphatic carbocycles. The van der Waals surface area contributed by atoms with Gasteiger partial charge >= 0.3 is 0 Å². The van der Waals surface area contributed by atoms with Gasteiger partial charge in [0.25, 0.3) is 0 Å². The van der Waals surface area contributed by atoms with Crippen molar-refractivity contribution in [3.05, 3.63) is 0 Å². The van der Waals surface area contributed by atoms with Crippen LogP contribution < -0.4 is 5.32 Å². The minimum atomic E-state index is 0. The first-order chi connectivity index (χ1) is 13.6. The molecule has 0 aromatic carbocycles. The number of amides is 1. The van der Waals surface area contributed by atoms with Gasteiger partial charge in [0, 0.05) is 66.1 Å². The highest BCUT2D eigenvalue weighted by Crippen LogP contribution is 2.46. The molecule has 1 saturated heterocycles. The molecule has 0 aromatic rings. The highest BCUT2D eigenvalue weighted by Gasteiger charge is 2.42. The molecule has 7 nitrogen and oxygen atoms in total. The van der Waals surface area contributed by atoms with Crippen molar-refractivity contribution in [1.29, 1.82) is 0 Å². The molecule has 3 atom stereocenters. The van der Waals surface area contributed by atoms with E-state index in [0.29, 0.717) is 0 Å². The van der Waals surface area contributed by atoms with Crippen LogP contribution >= 0.6 is 24.0 Å². The maximum Gasteiger partial charge on any atom is 0.243 e. The predicted molar refractivity (Wildman–Crippen MR) is 128 cm³/mol. The molecule has 2 bridgehead atoms. The lowest BCUT2D eigenvalue weighted by Gasteiger charge is -2.42. The minimum absolute atomic E-state index is 0. The average molecular weight is 521 g/mol. The summed E-state index contributed by atoms with van der Waals surface area (Å²) in [6.45, 7) is 8.74. The van der Waals surface area contributed by atoms with Gasteiger partial charge in [-0.15, -0.1) is 24.0 Å². The van der Waals surface area contributed by atoms with Gasteiger partial charge in [0.05, 0.1) is 0 Å². The van der Waals surface area contributed by atoms with Crippen LogP contribution in [0, 0.1) is 11.8 Å². The summed E-state index contributed by atoms with van der Waals surface area (Å²) in [5.41, 5.74) is 0. The summed E-state index contributed by atoms with van der Waals surface area (Å²) < 4.78 is 5.42. The standard InChI is InChI=1S/C21H39N5O2.HI/c1-4-28-13-5-8-22-21(23-16-20(27)24(2)3)26-11-9-25(10-12-26)19-15-17-6-7-18(19)14-17;/h17-19H,4-16H2,1-3H3,(H,22,23);1H. The van der Waals surface area contributed by atoms with E-state index in [4.69, 9.17) is 4.74 Å². The third-order valence-electron chi connectivity index (χ3n) is 6.60. The highest BCUT2D eigenvalue weighted by atomic mass is 127. The third kappa shape index (κ3) is 6.95. The number of carbonyl (C=O) groups excluding carboxylic acids is 1. The molecular formula is C21H40IN5O2. The van der Waals surface area contributed by atoms with Crippen LogP contribution in [0.25, 0.3) is 0 Å². The smallest absolute Gasteiger partial charge is 0.243 e. The number of likely N-dealkylation sites (N-methyl/N-ethyl adjacent to an activating group) is 1. The zero-order valence-electron chi connectivity index (χ0n) is 18.4. The number of rotatable bonds is 8. The molecule has 168 valence electrons. The van der Waals surface area contributed by atoms with Gasteiger partial charge in [0.15, 0.2) is 5.96 Å². The van der Waals surface area contributed by atoms with Gasteiger partial charge in [-0.25, -0.2) is 4.99 Å². The first-order valence-corrected chi connectivity index (χ1v) is 11.1. The fourth-order valence-electron chi connectivity index (χ4n) is 4.99. The van der Waals surface area contributed by atoms with Crippen LogP contribution in [-0.4, -0.2) is 99.2 Å². The summed E-state index contributed by atoms with van der Waals surface area (Å²) in [5.74, 6) is 2.85. The van der Waals surface area contributed by atoms with E-state index in [2.05, 4.69) is 20.1 Å². The molecule has 3 aliphatic rings. The fraction of sp³-hybridized carbons (Fsp3) is 0.905. The van der Waals surface area contributed by atoms with Gasteiger partial charge in [0.2, 0.25) is 5.91 Å². The zero-order chi connectivity index (χ0) is 19.9. The van der Waals surface area contributed by atoms with E-state index in [9.17, 15) is 4.79 Å². The molecule has 1 aliphatic heterocycles. The number of fused-ring (bicyclic) bond motifs is 2. The van der Waals surface area contributed by atoms with Crippen molar-refractivity contribution in [3.8, 4) is 0 Å². The van der Waals surface area contributed by atoms with Crippen LogP contribution in [0.4, 0.5) is 0 Å². The number of halogens is 1. The maximum absolute atomic E-state index is 12.0. The number of nitrogens with zero attached hydrogens (tertiary/aromatic N) is 4. The van der Waals surface area contributed by atoms with Crippen LogP contribution in [0.15, 0.2) is 4.99 Å². The number of aliphatic imine (C=N–C) groups is 1. The van der Waals surface area contributed by atoms with Crippen LogP contribution in [0.3, 0.4) is 0 Å². The monoisotopic (exact) mass is 521 g/mol. The summed E-state index contributed by atoms with van der Waals surface area (Å²) in [6, 6.07) is 0.816. The molecule has 8 heteroatoms. The van der Waals surface area contributed by atoms with Crippen molar-refractivity contribution >= 4 is 35.8 Å². The van der Waals surface area contributed by atoms with Gasteiger partial charge in [-0.1, -0.05) is 6.42 Å². The van der Waals surface area contributed by atoms with Gasteiger partial charge in [-0.3, -0.25) is 9.69 Å². The second kappa shape index (κ2) is 12.3. The topological polar surface area (TPSA) is 60.4 Å². The number of ether oxygens (including phenoxy) is 1. The number of hydrogen-bond donors (Lipinski definition) is 1. The van der Waals surface area contributed by atoms with E-state index in [1.807, 2.05) is 6.92 Å². The van der Waals surface area contributed by atoms with E-state index in [0.717, 1.165) is 76.2 Å². The molecule has 0 aromatic heterocycles. The average Bonchev–Trinajstić information content (AvgIpc) is 3.33. The molecule has 0 radical (unpaired) electrons. The molecule has 1 amide bonds. The number of carbonyl (C=O) groups is 1. The molecule has 3 unspecified atom stereocenters. The first kappa shape index (κ1) is 24.7. The Morgan fingerprint density at radius 3 is 2.52 bits per heavy atom. The maximum atomic E-state index is 12.0. The molecule has 29 heavy (non-hydrogen) atoms. The molecule has 0 spiro atoms. The van der Waals surface area contributed by atoms with Gasteiger partial charge in [0.1, 0.15) is 6.54 Å². The number of piperazine rings is 1. The number of guanidine groups is 1. The Bertz CT molecular complexity index is 537. The Hall–Kier alpha value is -0.610. The minimum Gasteiger partial charge on any atom is -0.382 e. The van der Waals surface area contributed by atoms with Crippen LogP contribution in [0.1, 0.15) is 39.0 Å². The second-order valence-corrected chi connectivity index (χ2v) is 8.67. The largest absolute Gasteiger partial charge is 0.382 e. The highest BCUT2D eigenvalue weighted by molar-refractivity contribution is 14.0. The molecule has 3 rings (SSSR count). The first-order valence-electron chi connectivity index (χ1n) is 11.1. The quantitative estimate of drug-likeness (QED) is 0.229. The second-order valence-electron chi connectivity index (χ2n) is 8.67. The van der Waals surface area contributed by atoms with E-state index < -0.39 is 0 Å². The van der Waals surface area contributed by atoms with Crippen molar-refractivity contribution < 1.29 is 9.53 Å². The lowest BCUT2D eigenvalue weighted by atomic mass is 9.93. The van der Waals surface area contributed by atoms with Gasteiger partial charge < -0.3 is 19.9 Å². The summed E-state index contributed by atoms with van der Waals surface area (Å²) in [7, 11) is 3.56. The normalized spacial score (nSPS) is 27.1. The fourth-order valence-corrected chi connectivity index (χ4v) is 4.99. The van der Waals surface area contributed by atoms with E-state index in [-0.39, 0.29) is 36.4 Å². The molecule has 1 heterocycles. The molecule has 3 fully saturated rings. The van der Waals surface area contributed by atoms with Gasteiger partial charge in [-0.2, -0.15) is 0 Å². The van der Waals surface area contributed by atoms with Crippen molar-refractivity contribution in [2.75, 3.05) is 66.6 Å². The van der Waals surface area contributed by atoms with Crippen molar-refractivity contribution in [1.82, 2.24) is 20.0 Å². The van der Waals surface area contributed by atoms with Crippen LogP contribution in [0.2, 0.25) is 0 Å². The Morgan fingerprint density at radius 1 is 1.17 bits per heavy atom. The predicted octanol–water partition coefficient (Wildman–Crippen LogP) is 1.87. The van der Waals surface area contributed by atoms with Crippen molar-refractivity contribution in [3.63, 3.8) is 0 Å². The van der Waals surface area contributed by atoms with E-state index >= 15 is 0 Å². The van der Waals surface area contributed by atoms with Crippen LogP contribution in [0.5, 0.6) is 0 Å². The Labute approximate surface area is 193 Å². The van der Waals surface area contributed by atoms with Gasteiger partial charge in [-0.05, 0) is 44.4 Å². The molecule has 2 saturated carbocycles. The Morgan fingerprint density at radius 2 is 1.93 bits per heavy atom. The number of hydrogen-bond acceptors (Lipinski definition) is 4. The zero-order valence-corrected chi connectivity index (χ0v) is 20.8.